The third-order valence-electron chi connectivity index (χ3n) is 4.89. The molecule has 26 heavy (non-hydrogen) atoms. The van der Waals surface area contributed by atoms with Gasteiger partial charge in [-0.05, 0) is 52.9 Å². The molecule has 4 heterocycles. The van der Waals surface area contributed by atoms with E-state index in [1.807, 2.05) is 26.1 Å². The fourth-order valence-corrected chi connectivity index (χ4v) is 3.39. The summed E-state index contributed by atoms with van der Waals surface area (Å²) in [5.74, 6) is 1.09. The fraction of sp³-hybridized carbons (Fsp3) is 0.500. The first-order valence-electron chi connectivity index (χ1n) is 9.13. The van der Waals surface area contributed by atoms with Gasteiger partial charge in [-0.2, -0.15) is 15.1 Å². The van der Waals surface area contributed by atoms with Gasteiger partial charge in [0.1, 0.15) is 5.65 Å². The quantitative estimate of drug-likeness (QED) is 0.732. The SMILES string of the molecule is CCOc1nc(Nc2cn(C3CCN(C)CC3)nc2C)nc2[nH]ccc12. The standard InChI is InChI=1S/C18H25N7O/c1-4-26-17-14-5-8-19-16(14)21-18(22-17)20-15-11-25(23-12(15)2)13-6-9-24(3)10-7-13/h5,8,11,13H,4,6-7,9-10H2,1-3H3,(H2,19,20,21,22). The molecule has 0 radical (unpaired) electrons. The van der Waals surface area contributed by atoms with E-state index in [1.165, 1.54) is 0 Å². The second-order valence-electron chi connectivity index (χ2n) is 6.79. The molecule has 1 saturated heterocycles. The lowest BCUT2D eigenvalue weighted by Gasteiger charge is -2.28. The van der Waals surface area contributed by atoms with Crippen molar-refractivity contribution in [2.24, 2.45) is 0 Å². The van der Waals surface area contributed by atoms with Crippen LogP contribution in [0.1, 0.15) is 31.5 Å². The highest BCUT2D eigenvalue weighted by Gasteiger charge is 2.20. The topological polar surface area (TPSA) is 83.9 Å². The van der Waals surface area contributed by atoms with Gasteiger partial charge in [-0.25, -0.2) is 0 Å². The molecular weight excluding hydrogens is 330 g/mol. The average molecular weight is 355 g/mol. The van der Waals surface area contributed by atoms with Crippen LogP contribution in [-0.2, 0) is 0 Å². The summed E-state index contributed by atoms with van der Waals surface area (Å²) in [4.78, 5) is 14.6. The summed E-state index contributed by atoms with van der Waals surface area (Å²) < 4.78 is 7.74. The number of aromatic nitrogens is 5. The number of hydrogen-bond acceptors (Lipinski definition) is 6. The van der Waals surface area contributed by atoms with Crippen LogP contribution in [0.4, 0.5) is 11.6 Å². The van der Waals surface area contributed by atoms with E-state index in [-0.39, 0.29) is 0 Å². The van der Waals surface area contributed by atoms with E-state index in [1.54, 1.807) is 0 Å². The van der Waals surface area contributed by atoms with Gasteiger partial charge in [0.15, 0.2) is 0 Å². The van der Waals surface area contributed by atoms with Crippen LogP contribution in [0.15, 0.2) is 18.5 Å². The first-order valence-corrected chi connectivity index (χ1v) is 9.13. The molecule has 0 aliphatic carbocycles. The van der Waals surface area contributed by atoms with Gasteiger partial charge in [-0.1, -0.05) is 0 Å². The lowest BCUT2D eigenvalue weighted by Crippen LogP contribution is -2.31. The van der Waals surface area contributed by atoms with Crippen molar-refractivity contribution in [3.8, 4) is 5.88 Å². The summed E-state index contributed by atoms with van der Waals surface area (Å²) in [5, 5.41) is 8.90. The highest BCUT2D eigenvalue weighted by Crippen LogP contribution is 2.27. The van der Waals surface area contributed by atoms with Crippen LogP contribution in [-0.4, -0.2) is 56.4 Å². The Bertz CT molecular complexity index is 892. The van der Waals surface area contributed by atoms with Crippen LogP contribution in [0.2, 0.25) is 0 Å². The number of H-pyrrole nitrogens is 1. The molecule has 2 N–H and O–H groups in total. The van der Waals surface area contributed by atoms with E-state index in [4.69, 9.17) is 9.84 Å². The van der Waals surface area contributed by atoms with Crippen LogP contribution in [0.5, 0.6) is 5.88 Å². The maximum atomic E-state index is 5.66. The number of anilines is 2. The smallest absolute Gasteiger partial charge is 0.232 e. The number of aryl methyl sites for hydroxylation is 1. The lowest BCUT2D eigenvalue weighted by molar-refractivity contribution is 0.212. The number of rotatable bonds is 5. The normalized spacial score (nSPS) is 16.3. The third kappa shape index (κ3) is 3.24. The molecule has 0 atom stereocenters. The van der Waals surface area contributed by atoms with Gasteiger partial charge >= 0.3 is 0 Å². The number of hydrogen-bond donors (Lipinski definition) is 2. The number of nitrogens with zero attached hydrogens (tertiary/aromatic N) is 5. The monoisotopic (exact) mass is 355 g/mol. The Labute approximate surface area is 152 Å². The van der Waals surface area contributed by atoms with Gasteiger partial charge in [-0.15, -0.1) is 0 Å². The van der Waals surface area contributed by atoms with Crippen molar-refractivity contribution in [3.63, 3.8) is 0 Å². The molecule has 1 aliphatic heterocycles. The predicted molar refractivity (Wildman–Crippen MR) is 101 cm³/mol. The lowest BCUT2D eigenvalue weighted by atomic mass is 10.1. The molecule has 0 bridgehead atoms. The molecule has 0 spiro atoms. The third-order valence-corrected chi connectivity index (χ3v) is 4.89. The summed E-state index contributed by atoms with van der Waals surface area (Å²) in [7, 11) is 2.17. The van der Waals surface area contributed by atoms with E-state index in [2.05, 4.69) is 43.1 Å². The van der Waals surface area contributed by atoms with Crippen LogP contribution in [0, 0.1) is 6.92 Å². The molecule has 1 aliphatic rings. The van der Waals surface area contributed by atoms with E-state index < -0.39 is 0 Å². The molecule has 3 aromatic rings. The van der Waals surface area contributed by atoms with E-state index in [9.17, 15) is 0 Å². The molecule has 3 aromatic heterocycles. The van der Waals surface area contributed by atoms with Crippen molar-refractivity contribution in [3.05, 3.63) is 24.2 Å². The van der Waals surface area contributed by atoms with E-state index in [0.717, 1.165) is 48.3 Å². The maximum absolute atomic E-state index is 5.66. The number of aromatic amines is 1. The number of likely N-dealkylation sites (tertiary alicyclic amines) is 1. The molecule has 1 fully saturated rings. The first-order chi connectivity index (χ1) is 12.6. The zero-order valence-corrected chi connectivity index (χ0v) is 15.5. The molecule has 0 saturated carbocycles. The van der Waals surface area contributed by atoms with E-state index >= 15 is 0 Å². The Hall–Kier alpha value is -2.61. The average Bonchev–Trinajstić information content (AvgIpc) is 3.23. The minimum atomic E-state index is 0.450. The van der Waals surface area contributed by atoms with Crippen molar-refractivity contribution in [1.29, 1.82) is 0 Å². The Kier molecular flexibility index (Phi) is 4.50. The second kappa shape index (κ2) is 6.95. The maximum Gasteiger partial charge on any atom is 0.232 e. The second-order valence-corrected chi connectivity index (χ2v) is 6.79. The zero-order valence-electron chi connectivity index (χ0n) is 15.5. The van der Waals surface area contributed by atoms with Crippen molar-refractivity contribution in [2.75, 3.05) is 32.1 Å². The van der Waals surface area contributed by atoms with Crippen LogP contribution in [0.3, 0.4) is 0 Å². The number of ether oxygens (including phenoxy) is 1. The van der Waals surface area contributed by atoms with Crippen LogP contribution >= 0.6 is 0 Å². The Morgan fingerprint density at radius 3 is 2.88 bits per heavy atom. The van der Waals surface area contributed by atoms with E-state index in [0.29, 0.717) is 24.5 Å². The van der Waals surface area contributed by atoms with Crippen molar-refractivity contribution in [2.45, 2.75) is 32.7 Å². The summed E-state index contributed by atoms with van der Waals surface area (Å²) >= 11 is 0. The summed E-state index contributed by atoms with van der Waals surface area (Å²) in [6, 6.07) is 2.37. The van der Waals surface area contributed by atoms with Gasteiger partial charge in [-0.3, -0.25) is 4.68 Å². The largest absolute Gasteiger partial charge is 0.477 e. The molecule has 8 nitrogen and oxygen atoms in total. The molecular formula is C18H25N7O. The predicted octanol–water partition coefficient (Wildman–Crippen LogP) is 2.87. The highest BCUT2D eigenvalue weighted by molar-refractivity contribution is 5.82. The Balaban J connectivity index is 1.58. The molecule has 0 unspecified atom stereocenters. The van der Waals surface area contributed by atoms with Crippen LogP contribution < -0.4 is 10.1 Å². The summed E-state index contributed by atoms with van der Waals surface area (Å²) in [5.41, 5.74) is 2.63. The molecule has 4 rings (SSSR count). The first kappa shape index (κ1) is 16.8. The van der Waals surface area contributed by atoms with Crippen molar-refractivity contribution in [1.82, 2.24) is 29.6 Å². The van der Waals surface area contributed by atoms with Gasteiger partial charge in [0, 0.05) is 12.4 Å². The van der Waals surface area contributed by atoms with Crippen molar-refractivity contribution < 1.29 is 4.74 Å². The molecule has 8 heteroatoms. The highest BCUT2D eigenvalue weighted by atomic mass is 16.5. The van der Waals surface area contributed by atoms with Crippen molar-refractivity contribution >= 4 is 22.7 Å². The minimum absolute atomic E-state index is 0.450. The molecule has 138 valence electrons. The Morgan fingerprint density at radius 1 is 1.31 bits per heavy atom. The minimum Gasteiger partial charge on any atom is -0.477 e. The van der Waals surface area contributed by atoms with Gasteiger partial charge in [0.2, 0.25) is 11.8 Å². The van der Waals surface area contributed by atoms with Crippen LogP contribution in [0.25, 0.3) is 11.0 Å². The van der Waals surface area contributed by atoms with Gasteiger partial charge < -0.3 is 19.9 Å². The fourth-order valence-electron chi connectivity index (χ4n) is 3.39. The van der Waals surface area contributed by atoms with Gasteiger partial charge in [0.05, 0.1) is 29.4 Å². The number of piperidine rings is 1. The number of nitrogens with one attached hydrogen (secondary N) is 2. The molecule has 0 amide bonds. The zero-order chi connectivity index (χ0) is 18.1. The van der Waals surface area contributed by atoms with Gasteiger partial charge in [0.25, 0.3) is 0 Å². The number of fused-ring (bicyclic) bond motifs is 1. The Morgan fingerprint density at radius 2 is 2.12 bits per heavy atom. The molecule has 0 aromatic carbocycles. The summed E-state index contributed by atoms with van der Waals surface area (Å²) in [6.45, 7) is 6.73. The summed E-state index contributed by atoms with van der Waals surface area (Å²) in [6.07, 6.45) is 6.15.